The maximum absolute atomic E-state index is 2.85. The zero-order valence-corrected chi connectivity index (χ0v) is 10.4. The lowest BCUT2D eigenvalue weighted by molar-refractivity contribution is -0.977. The van der Waals surface area contributed by atoms with Crippen LogP contribution in [0.2, 0.25) is 0 Å². The van der Waals surface area contributed by atoms with Gasteiger partial charge < -0.3 is 4.48 Å². The molecule has 90 valence electrons. The minimum atomic E-state index is 0.939. The molecule has 0 N–H and O–H groups in total. The van der Waals surface area contributed by atoms with E-state index in [1.165, 1.54) is 75.7 Å². The van der Waals surface area contributed by atoms with Crippen molar-refractivity contribution < 1.29 is 4.48 Å². The number of rotatable bonds is 1. The predicted molar refractivity (Wildman–Crippen MR) is 64.9 cm³/mol. The fraction of sp³-hybridized carbons (Fsp3) is 1.00. The Kier molecular flexibility index (Phi) is 2.14. The average Bonchev–Trinajstić information content (AvgIpc) is 2.42. The van der Waals surface area contributed by atoms with E-state index in [1.54, 1.807) is 0 Å². The number of hydrogen-bond acceptors (Lipinski definition) is 1. The summed E-state index contributed by atoms with van der Waals surface area (Å²) in [6.45, 7) is 7.37. The van der Waals surface area contributed by atoms with Crippen LogP contribution in [0.25, 0.3) is 0 Å². The fourth-order valence-corrected chi connectivity index (χ4v) is 5.04. The molecule has 6 aliphatic heterocycles. The molecule has 0 aromatic rings. The molecule has 0 saturated carbocycles. The molecule has 0 aromatic carbocycles. The number of quaternary nitrogens is 1. The normalized spacial score (nSPS) is 55.5. The van der Waals surface area contributed by atoms with Gasteiger partial charge in [-0.3, -0.25) is 4.90 Å². The monoisotopic (exact) mass is 221 g/mol. The van der Waals surface area contributed by atoms with Crippen molar-refractivity contribution in [3.05, 3.63) is 0 Å². The van der Waals surface area contributed by atoms with Crippen LogP contribution >= 0.6 is 0 Å². The lowest BCUT2D eigenvalue weighted by Crippen LogP contribution is -2.70. The van der Waals surface area contributed by atoms with E-state index in [1.807, 2.05) is 0 Å². The van der Waals surface area contributed by atoms with Crippen molar-refractivity contribution in [1.29, 1.82) is 0 Å². The first-order valence-electron chi connectivity index (χ1n) is 7.46. The summed E-state index contributed by atoms with van der Waals surface area (Å²) in [5.41, 5.74) is 0. The third-order valence-corrected chi connectivity index (χ3v) is 6.20. The highest BCUT2D eigenvalue weighted by Gasteiger charge is 2.50. The van der Waals surface area contributed by atoms with E-state index in [2.05, 4.69) is 4.90 Å². The van der Waals surface area contributed by atoms with Crippen LogP contribution in [0.15, 0.2) is 0 Å². The van der Waals surface area contributed by atoms with Gasteiger partial charge in [-0.15, -0.1) is 0 Å². The molecule has 6 saturated heterocycles. The second-order valence-corrected chi connectivity index (χ2v) is 6.82. The Morgan fingerprint density at radius 3 is 1.88 bits per heavy atom. The van der Waals surface area contributed by atoms with Crippen molar-refractivity contribution in [3.63, 3.8) is 0 Å². The first-order valence-corrected chi connectivity index (χ1v) is 7.46. The smallest absolute Gasteiger partial charge is 0.145 e. The average molecular weight is 221 g/mol. The van der Waals surface area contributed by atoms with Gasteiger partial charge in [0.25, 0.3) is 0 Å². The van der Waals surface area contributed by atoms with E-state index in [-0.39, 0.29) is 0 Å². The van der Waals surface area contributed by atoms with Gasteiger partial charge in [0, 0.05) is 19.5 Å². The molecule has 2 nitrogen and oxygen atoms in total. The predicted octanol–water partition coefficient (Wildman–Crippen LogP) is 2.06. The molecule has 6 fully saturated rings. The van der Waals surface area contributed by atoms with E-state index in [4.69, 9.17) is 0 Å². The van der Waals surface area contributed by atoms with Crippen LogP contribution in [0.1, 0.15) is 38.5 Å². The lowest BCUT2D eigenvalue weighted by atomic mass is 9.80. The quantitative estimate of drug-likeness (QED) is 0.613. The van der Waals surface area contributed by atoms with Crippen LogP contribution in [0.5, 0.6) is 0 Å². The van der Waals surface area contributed by atoms with Gasteiger partial charge in [0.2, 0.25) is 0 Å². The van der Waals surface area contributed by atoms with E-state index >= 15 is 0 Å². The molecule has 1 atom stereocenters. The Morgan fingerprint density at radius 2 is 1.38 bits per heavy atom. The molecule has 0 aromatic heterocycles. The molecule has 0 aliphatic carbocycles. The number of piperidine rings is 6. The summed E-state index contributed by atoms with van der Waals surface area (Å²) in [5, 5.41) is 0. The van der Waals surface area contributed by atoms with Crippen molar-refractivity contribution >= 4 is 0 Å². The number of fused-ring (bicyclic) bond motifs is 6. The van der Waals surface area contributed by atoms with Gasteiger partial charge in [-0.2, -0.15) is 0 Å². The molecule has 2 heteroatoms. The molecule has 0 radical (unpaired) electrons. The van der Waals surface area contributed by atoms with Gasteiger partial charge in [0.1, 0.15) is 6.17 Å². The van der Waals surface area contributed by atoms with E-state index < -0.39 is 0 Å². The van der Waals surface area contributed by atoms with Crippen molar-refractivity contribution in [2.24, 2.45) is 11.8 Å². The molecule has 1 unspecified atom stereocenters. The highest BCUT2D eigenvalue weighted by atomic mass is 15.5. The van der Waals surface area contributed by atoms with Crippen molar-refractivity contribution in [2.45, 2.75) is 44.7 Å². The summed E-state index contributed by atoms with van der Waals surface area (Å²) in [6.07, 6.45) is 10.1. The molecule has 0 amide bonds. The fourth-order valence-electron chi connectivity index (χ4n) is 5.04. The molecule has 0 spiro atoms. The van der Waals surface area contributed by atoms with Crippen molar-refractivity contribution in [3.8, 4) is 0 Å². The zero-order chi connectivity index (χ0) is 10.6. The standard InChI is InChI=1S/C14H25N2/c1-6-15-7-2-13(1)11-14(15)16-8-3-12(4-9-16)5-10-16/h12-14H,1-11H2/q+1. The summed E-state index contributed by atoms with van der Waals surface area (Å²) < 4.78 is 1.51. The Morgan fingerprint density at radius 1 is 0.750 bits per heavy atom. The molecule has 6 aliphatic rings. The van der Waals surface area contributed by atoms with E-state index in [0.717, 1.165) is 18.0 Å². The topological polar surface area (TPSA) is 3.24 Å². The third kappa shape index (κ3) is 1.32. The van der Waals surface area contributed by atoms with Crippen LogP contribution in [0.4, 0.5) is 0 Å². The van der Waals surface area contributed by atoms with E-state index in [9.17, 15) is 0 Å². The molecule has 4 bridgehead atoms. The molecular formula is C14H25N2+. The van der Waals surface area contributed by atoms with Gasteiger partial charge in [-0.25, -0.2) is 0 Å². The Hall–Kier alpha value is -0.0800. The highest BCUT2D eigenvalue weighted by molar-refractivity contribution is 4.86. The minimum Gasteiger partial charge on any atom is -0.309 e. The second kappa shape index (κ2) is 3.46. The van der Waals surface area contributed by atoms with Gasteiger partial charge in [0.05, 0.1) is 19.6 Å². The third-order valence-electron chi connectivity index (χ3n) is 6.20. The first kappa shape index (κ1) is 9.90. The van der Waals surface area contributed by atoms with Crippen LogP contribution in [-0.2, 0) is 0 Å². The molecule has 16 heavy (non-hydrogen) atoms. The van der Waals surface area contributed by atoms with Crippen LogP contribution in [0.3, 0.4) is 0 Å². The van der Waals surface area contributed by atoms with Crippen LogP contribution in [-0.4, -0.2) is 48.3 Å². The Labute approximate surface area is 99.2 Å². The lowest BCUT2D eigenvalue weighted by Gasteiger charge is -2.59. The van der Waals surface area contributed by atoms with E-state index in [0.29, 0.717) is 0 Å². The number of nitrogens with zero attached hydrogens (tertiary/aromatic N) is 2. The van der Waals surface area contributed by atoms with Gasteiger partial charge in [-0.1, -0.05) is 0 Å². The SMILES string of the molecule is C1C[N+]2(C3CC4CCN3CC4)CCC1CC2. The summed E-state index contributed by atoms with van der Waals surface area (Å²) >= 11 is 0. The molecule has 6 rings (SSSR count). The minimum absolute atomic E-state index is 0.939. The summed E-state index contributed by atoms with van der Waals surface area (Å²) in [4.78, 5) is 2.85. The summed E-state index contributed by atoms with van der Waals surface area (Å²) in [6, 6.07) is 0. The van der Waals surface area contributed by atoms with Crippen LogP contribution < -0.4 is 0 Å². The molecule has 6 heterocycles. The van der Waals surface area contributed by atoms with Gasteiger partial charge >= 0.3 is 0 Å². The van der Waals surface area contributed by atoms with Crippen LogP contribution in [0, 0.1) is 11.8 Å². The maximum atomic E-state index is 2.85. The Balaban J connectivity index is 1.60. The number of hydrogen-bond donors (Lipinski definition) is 0. The maximum Gasteiger partial charge on any atom is 0.145 e. The second-order valence-electron chi connectivity index (χ2n) is 6.82. The zero-order valence-electron chi connectivity index (χ0n) is 10.4. The highest BCUT2D eigenvalue weighted by Crippen LogP contribution is 2.42. The molecular weight excluding hydrogens is 196 g/mol. The Bertz CT molecular complexity index is 259. The van der Waals surface area contributed by atoms with Crippen molar-refractivity contribution in [1.82, 2.24) is 4.90 Å². The van der Waals surface area contributed by atoms with Gasteiger partial charge in [-0.05, 0) is 43.9 Å². The largest absolute Gasteiger partial charge is 0.309 e. The van der Waals surface area contributed by atoms with Crippen molar-refractivity contribution in [2.75, 3.05) is 32.7 Å². The van der Waals surface area contributed by atoms with Gasteiger partial charge in [0.15, 0.2) is 0 Å². The first-order chi connectivity index (χ1) is 7.86. The summed E-state index contributed by atoms with van der Waals surface area (Å²) in [5.74, 6) is 2.19. The summed E-state index contributed by atoms with van der Waals surface area (Å²) in [7, 11) is 0.